The number of hydrogen-bond acceptors (Lipinski definition) is 1. The monoisotopic (exact) mass is 389 g/mol. The van der Waals surface area contributed by atoms with E-state index in [1.54, 1.807) is 0 Å². The highest BCUT2D eigenvalue weighted by Crippen LogP contribution is 2.34. The molecule has 3 N–H and O–H groups in total. The number of aryl methyl sites for hydroxylation is 1. The molecule has 0 bridgehead atoms. The molecular formula is C21H22F3N3O. The lowest BCUT2D eigenvalue weighted by molar-refractivity contribution is -0.138. The molecular weight excluding hydrogens is 367 g/mol. The van der Waals surface area contributed by atoms with E-state index in [-0.39, 0.29) is 5.56 Å². The Morgan fingerprint density at radius 1 is 1.11 bits per heavy atom. The number of aromatic amines is 1. The minimum absolute atomic E-state index is 0.0395. The first kappa shape index (κ1) is 19.8. The highest BCUT2D eigenvalue weighted by molar-refractivity contribution is 5.84. The van der Waals surface area contributed by atoms with Crippen LogP contribution >= 0.6 is 0 Å². The first-order chi connectivity index (χ1) is 13.3. The van der Waals surface area contributed by atoms with Crippen molar-refractivity contribution in [1.29, 1.82) is 0 Å². The van der Waals surface area contributed by atoms with E-state index < -0.39 is 23.8 Å². The maximum atomic E-state index is 13.1. The lowest BCUT2D eigenvalue weighted by Gasteiger charge is -2.19. The van der Waals surface area contributed by atoms with Crippen LogP contribution in [-0.4, -0.2) is 17.6 Å². The Labute approximate surface area is 161 Å². The Balaban J connectivity index is 1.60. The summed E-state index contributed by atoms with van der Waals surface area (Å²) in [6, 6.07) is 11.9. The number of fused-ring (bicyclic) bond motifs is 1. The molecule has 4 nitrogen and oxygen atoms in total. The number of hydrogen-bond donors (Lipinski definition) is 3. The van der Waals surface area contributed by atoms with Crippen LogP contribution in [0.5, 0.6) is 0 Å². The van der Waals surface area contributed by atoms with Crippen LogP contribution in [0.4, 0.5) is 18.0 Å². The second-order valence-electron chi connectivity index (χ2n) is 6.73. The molecule has 148 valence electrons. The summed E-state index contributed by atoms with van der Waals surface area (Å²) in [5.74, 6) is 0. The van der Waals surface area contributed by atoms with Crippen molar-refractivity contribution < 1.29 is 18.0 Å². The van der Waals surface area contributed by atoms with Gasteiger partial charge < -0.3 is 15.6 Å². The van der Waals surface area contributed by atoms with Crippen molar-refractivity contribution in [3.8, 4) is 0 Å². The van der Waals surface area contributed by atoms with Crippen molar-refractivity contribution in [2.75, 3.05) is 6.54 Å². The Hall–Kier alpha value is -2.96. The van der Waals surface area contributed by atoms with Crippen LogP contribution in [0.2, 0.25) is 0 Å². The third-order valence-electron chi connectivity index (χ3n) is 4.77. The second kappa shape index (κ2) is 7.96. The molecule has 0 aliphatic rings. The molecule has 0 spiro atoms. The third-order valence-corrected chi connectivity index (χ3v) is 4.77. The van der Waals surface area contributed by atoms with Gasteiger partial charge in [0.25, 0.3) is 0 Å². The van der Waals surface area contributed by atoms with Gasteiger partial charge in [0, 0.05) is 23.1 Å². The van der Waals surface area contributed by atoms with Crippen molar-refractivity contribution in [2.45, 2.75) is 32.5 Å². The van der Waals surface area contributed by atoms with Crippen molar-refractivity contribution in [3.05, 3.63) is 70.9 Å². The molecule has 0 saturated heterocycles. The first-order valence-corrected chi connectivity index (χ1v) is 9.04. The molecule has 7 heteroatoms. The zero-order valence-corrected chi connectivity index (χ0v) is 15.7. The maximum absolute atomic E-state index is 13.1. The Bertz CT molecular complexity index is 978. The Morgan fingerprint density at radius 3 is 2.54 bits per heavy atom. The van der Waals surface area contributed by atoms with Crippen molar-refractivity contribution >= 4 is 16.9 Å². The van der Waals surface area contributed by atoms with Gasteiger partial charge in [-0.2, -0.15) is 13.2 Å². The molecule has 0 saturated carbocycles. The topological polar surface area (TPSA) is 56.9 Å². The van der Waals surface area contributed by atoms with Gasteiger partial charge in [-0.1, -0.05) is 36.4 Å². The summed E-state index contributed by atoms with van der Waals surface area (Å²) in [5, 5.41) is 6.42. The van der Waals surface area contributed by atoms with Crippen LogP contribution in [-0.2, 0) is 12.6 Å². The number of H-pyrrole nitrogens is 1. The van der Waals surface area contributed by atoms with E-state index in [0.717, 1.165) is 28.2 Å². The van der Waals surface area contributed by atoms with Crippen molar-refractivity contribution in [1.82, 2.24) is 15.6 Å². The molecule has 0 aliphatic heterocycles. The molecule has 1 unspecified atom stereocenters. The Morgan fingerprint density at radius 2 is 1.79 bits per heavy atom. The summed E-state index contributed by atoms with van der Waals surface area (Å²) in [7, 11) is 0. The molecule has 1 atom stereocenters. The van der Waals surface area contributed by atoms with Crippen molar-refractivity contribution in [2.24, 2.45) is 0 Å². The zero-order valence-electron chi connectivity index (χ0n) is 15.7. The van der Waals surface area contributed by atoms with Gasteiger partial charge in [-0.3, -0.25) is 0 Å². The Kier molecular flexibility index (Phi) is 5.63. The lowest BCUT2D eigenvalue weighted by atomic mass is 10.0. The standard InChI is InChI=1S/C21H22F3N3O/c1-13-15(17-8-4-6-10-19(17)26-13)11-12-25-20(28)27-14(2)16-7-3-5-9-18(16)21(22,23)24/h3-10,14,26H,11-12H2,1-2H3,(H2,25,27,28). The number of aromatic nitrogens is 1. The predicted octanol–water partition coefficient (Wildman–Crippen LogP) is 5.10. The molecule has 3 rings (SSSR count). The van der Waals surface area contributed by atoms with Crippen LogP contribution < -0.4 is 10.6 Å². The average molecular weight is 389 g/mol. The van der Waals surface area contributed by atoms with Crippen LogP contribution in [0.15, 0.2) is 48.5 Å². The van der Waals surface area contributed by atoms with E-state index in [2.05, 4.69) is 15.6 Å². The molecule has 1 heterocycles. The molecule has 2 amide bonds. The fourth-order valence-electron chi connectivity index (χ4n) is 3.42. The normalized spacial score (nSPS) is 12.8. The minimum atomic E-state index is -4.46. The van der Waals surface area contributed by atoms with Gasteiger partial charge in [-0.05, 0) is 43.5 Å². The number of carbonyl (C=O) groups excluding carboxylic acids is 1. The quantitative estimate of drug-likeness (QED) is 0.559. The van der Waals surface area contributed by atoms with Crippen LogP contribution in [0, 0.1) is 6.92 Å². The number of urea groups is 1. The average Bonchev–Trinajstić information content (AvgIpc) is 2.96. The van der Waals surface area contributed by atoms with Crippen LogP contribution in [0.25, 0.3) is 10.9 Å². The molecule has 0 fully saturated rings. The highest BCUT2D eigenvalue weighted by Gasteiger charge is 2.34. The van der Waals surface area contributed by atoms with Gasteiger partial charge in [0.05, 0.1) is 11.6 Å². The summed E-state index contributed by atoms with van der Waals surface area (Å²) in [5.41, 5.74) is 2.49. The number of nitrogens with one attached hydrogen (secondary N) is 3. The van der Waals surface area contributed by atoms with E-state index >= 15 is 0 Å². The predicted molar refractivity (Wildman–Crippen MR) is 103 cm³/mol. The molecule has 28 heavy (non-hydrogen) atoms. The van der Waals surface area contributed by atoms with Gasteiger partial charge in [-0.25, -0.2) is 4.79 Å². The fourth-order valence-corrected chi connectivity index (χ4v) is 3.42. The lowest BCUT2D eigenvalue weighted by Crippen LogP contribution is -2.38. The van der Waals surface area contributed by atoms with E-state index in [1.165, 1.54) is 25.1 Å². The van der Waals surface area contributed by atoms with Crippen LogP contribution in [0.3, 0.4) is 0 Å². The molecule has 1 aromatic heterocycles. The largest absolute Gasteiger partial charge is 0.416 e. The minimum Gasteiger partial charge on any atom is -0.358 e. The number of alkyl halides is 3. The van der Waals surface area contributed by atoms with Gasteiger partial charge in [0.2, 0.25) is 0 Å². The van der Waals surface area contributed by atoms with Gasteiger partial charge in [-0.15, -0.1) is 0 Å². The number of benzene rings is 2. The van der Waals surface area contributed by atoms with Gasteiger partial charge >= 0.3 is 12.2 Å². The van der Waals surface area contributed by atoms with E-state index in [0.29, 0.717) is 13.0 Å². The third kappa shape index (κ3) is 4.30. The molecule has 0 aliphatic carbocycles. The van der Waals surface area contributed by atoms with E-state index in [1.807, 2.05) is 31.2 Å². The SMILES string of the molecule is Cc1[nH]c2ccccc2c1CCNC(=O)NC(C)c1ccccc1C(F)(F)F. The van der Waals surface area contributed by atoms with Gasteiger partial charge in [0.1, 0.15) is 0 Å². The second-order valence-corrected chi connectivity index (χ2v) is 6.73. The van der Waals surface area contributed by atoms with Crippen molar-refractivity contribution in [3.63, 3.8) is 0 Å². The van der Waals surface area contributed by atoms with E-state index in [4.69, 9.17) is 0 Å². The zero-order chi connectivity index (χ0) is 20.3. The number of para-hydroxylation sites is 1. The summed E-state index contributed by atoms with van der Waals surface area (Å²) in [6.45, 7) is 3.89. The first-order valence-electron chi connectivity index (χ1n) is 9.04. The number of halogens is 3. The molecule has 0 radical (unpaired) electrons. The number of rotatable bonds is 5. The summed E-state index contributed by atoms with van der Waals surface area (Å²) in [4.78, 5) is 15.5. The molecule has 3 aromatic rings. The maximum Gasteiger partial charge on any atom is 0.416 e. The number of carbonyl (C=O) groups is 1. The summed E-state index contributed by atoms with van der Waals surface area (Å²) >= 11 is 0. The van der Waals surface area contributed by atoms with E-state index in [9.17, 15) is 18.0 Å². The fraction of sp³-hybridized carbons (Fsp3) is 0.286. The summed E-state index contributed by atoms with van der Waals surface area (Å²) < 4.78 is 39.4. The highest BCUT2D eigenvalue weighted by atomic mass is 19.4. The van der Waals surface area contributed by atoms with Gasteiger partial charge in [0.15, 0.2) is 0 Å². The molecule has 2 aromatic carbocycles. The van der Waals surface area contributed by atoms with Crippen LogP contribution in [0.1, 0.15) is 35.3 Å². The number of amides is 2. The summed E-state index contributed by atoms with van der Waals surface area (Å²) in [6.07, 6.45) is -3.84. The smallest absolute Gasteiger partial charge is 0.358 e.